The van der Waals surface area contributed by atoms with Crippen molar-refractivity contribution >= 4 is 53.8 Å². The van der Waals surface area contributed by atoms with Gasteiger partial charge in [-0.1, -0.05) is 44.5 Å². The number of hydrogen-bond donors (Lipinski definition) is 3. The molecular weight excluding hydrogens is 690 g/mol. The van der Waals surface area contributed by atoms with Gasteiger partial charge in [0.2, 0.25) is 17.6 Å². The number of ether oxygens (including phenoxy) is 5. The summed E-state index contributed by atoms with van der Waals surface area (Å²) in [5, 5.41) is 14.5. The van der Waals surface area contributed by atoms with Crippen molar-refractivity contribution in [1.29, 1.82) is 0 Å². The number of methoxy groups -OCH3 is 2. The molecule has 278 valence electrons. The van der Waals surface area contributed by atoms with Crippen molar-refractivity contribution in [3.8, 4) is 5.75 Å². The highest BCUT2D eigenvalue weighted by Crippen LogP contribution is 2.49. The molecule has 2 saturated heterocycles. The fourth-order valence-electron chi connectivity index (χ4n) is 6.84. The van der Waals surface area contributed by atoms with Crippen LogP contribution in [0.25, 0.3) is 0 Å². The molecule has 3 amide bonds. The van der Waals surface area contributed by atoms with Gasteiger partial charge >= 0.3 is 12.1 Å². The first-order valence-electron chi connectivity index (χ1n) is 16.8. The maximum Gasteiger partial charge on any atom is 0.409 e. The lowest BCUT2D eigenvalue weighted by molar-refractivity contribution is -0.377. The highest BCUT2D eigenvalue weighted by Gasteiger charge is 2.61. The number of thiol groups is 1. The number of amides is 3. The molecule has 0 aliphatic carbocycles. The van der Waals surface area contributed by atoms with Crippen molar-refractivity contribution in [1.82, 2.24) is 10.2 Å². The van der Waals surface area contributed by atoms with E-state index in [1.807, 2.05) is 18.2 Å². The molecule has 13 nitrogen and oxygen atoms in total. The number of carbonyl (C=O) groups is 4. The molecule has 2 unspecified atom stereocenters. The van der Waals surface area contributed by atoms with Crippen molar-refractivity contribution in [3.63, 3.8) is 0 Å². The summed E-state index contributed by atoms with van der Waals surface area (Å²) >= 11 is 10.9. The van der Waals surface area contributed by atoms with Crippen LogP contribution in [0.4, 0.5) is 10.5 Å². The zero-order valence-corrected chi connectivity index (χ0v) is 31.6. The number of nitrogens with one attached hydrogen (secondary N) is 1. The zero-order chi connectivity index (χ0) is 37.1. The minimum Gasteiger partial charge on any atom is -0.495 e. The van der Waals surface area contributed by atoms with Gasteiger partial charge in [-0.15, -0.1) is 0 Å². The van der Waals surface area contributed by atoms with Crippen LogP contribution in [0.2, 0.25) is 5.02 Å². The van der Waals surface area contributed by atoms with Crippen LogP contribution in [0.3, 0.4) is 0 Å². The van der Waals surface area contributed by atoms with Gasteiger partial charge in [-0.3, -0.25) is 14.9 Å². The van der Waals surface area contributed by atoms with Crippen LogP contribution >= 0.6 is 24.2 Å². The quantitative estimate of drug-likeness (QED) is 0.212. The Kier molecular flexibility index (Phi) is 12.8. The molecule has 50 heavy (non-hydrogen) atoms. The summed E-state index contributed by atoms with van der Waals surface area (Å²) in [6.45, 7) is 7.17. The second kappa shape index (κ2) is 16.1. The standard InChI is InChI=1S/C35H50ClN3O10S/c1-19-10-9-11-27(46-8)34(44)17-26(47-33(43)37-34)20(2)31-21(3)35(48-31,49-32(42)22(4)38(5)28(40)12-13-50)18-29(41)39(6)24-15-23(14-19)16-25(45-7)30(24)36/h9,11,15-16,19-22,26-27,31,44,50H,10,12-14,17-18H2,1-8H3,(H,37,43)/b11-9+/t19?,20-,21+,22+,26+,27-,31+,34+,35?/m1/s1. The second-order valence-corrected chi connectivity index (χ2v) is 14.5. The second-order valence-electron chi connectivity index (χ2n) is 13.7. The topological polar surface area (TPSA) is 153 Å². The maximum absolute atomic E-state index is 14.1. The zero-order valence-electron chi connectivity index (χ0n) is 29.9. The molecule has 1 aromatic rings. The predicted molar refractivity (Wildman–Crippen MR) is 189 cm³/mol. The number of nitrogens with zero attached hydrogens (tertiary/aromatic N) is 2. The van der Waals surface area contributed by atoms with E-state index in [-0.39, 0.29) is 36.1 Å². The number of hydrogen-bond acceptors (Lipinski definition) is 11. The van der Waals surface area contributed by atoms with Gasteiger partial charge in [-0.05, 0) is 49.1 Å². The van der Waals surface area contributed by atoms with E-state index in [1.54, 1.807) is 27.0 Å². The molecule has 15 heteroatoms. The minimum atomic E-state index is -1.79. The van der Waals surface area contributed by atoms with Crippen LogP contribution in [0.1, 0.15) is 58.9 Å². The SMILES string of the molecule is COc1cc2cc(c1Cl)N(C)C(=O)CC1(OC(=O)[C@H](C)N(C)C(=O)CCS)O[C@@H]([C@H](C)[C@@H]3C[C@@](O)(NC(=O)O3)[C@H](OC)/C=C/CC(C)C2)[C@@H]1C. The minimum absolute atomic E-state index is 0.0292. The van der Waals surface area contributed by atoms with Crippen LogP contribution in [-0.2, 0) is 39.8 Å². The van der Waals surface area contributed by atoms with Crippen LogP contribution < -0.4 is 15.0 Å². The monoisotopic (exact) mass is 739 g/mol. The highest BCUT2D eigenvalue weighted by molar-refractivity contribution is 7.80. The Bertz CT molecular complexity index is 1480. The van der Waals surface area contributed by atoms with Gasteiger partial charge < -0.3 is 38.6 Å². The third-order valence-corrected chi connectivity index (χ3v) is 10.8. The number of halogens is 1. The summed E-state index contributed by atoms with van der Waals surface area (Å²) in [7, 11) is 6.02. The molecule has 1 aromatic carbocycles. The number of carbonyl (C=O) groups excluding carboxylic acids is 4. The number of aliphatic hydroxyl groups is 1. The summed E-state index contributed by atoms with van der Waals surface area (Å²) in [5.74, 6) is -3.55. The van der Waals surface area contributed by atoms with Crippen molar-refractivity contribution in [2.45, 2.75) is 95.7 Å². The Labute approximate surface area is 304 Å². The number of anilines is 1. The van der Waals surface area contributed by atoms with E-state index in [2.05, 4.69) is 24.9 Å². The number of benzene rings is 1. The number of esters is 1. The third kappa shape index (κ3) is 8.20. The van der Waals surface area contributed by atoms with Gasteiger partial charge in [0.05, 0.1) is 25.3 Å². The Balaban J connectivity index is 1.76. The number of alkyl carbamates (subject to hydrolysis) is 1. The number of allylic oxidation sites excluding steroid dienone is 1. The van der Waals surface area contributed by atoms with Crippen molar-refractivity contribution in [2.24, 2.45) is 17.8 Å². The van der Waals surface area contributed by atoms with Crippen LogP contribution in [0, 0.1) is 17.8 Å². The lowest BCUT2D eigenvalue weighted by Gasteiger charge is -2.55. The van der Waals surface area contributed by atoms with E-state index in [0.29, 0.717) is 30.0 Å². The first-order chi connectivity index (χ1) is 23.5. The van der Waals surface area contributed by atoms with Gasteiger partial charge in [0.25, 0.3) is 0 Å². The average molecular weight is 740 g/mol. The molecule has 4 heterocycles. The highest BCUT2D eigenvalue weighted by atomic mass is 35.5. The molecule has 4 aliphatic rings. The molecule has 0 aromatic heterocycles. The molecule has 2 N–H and O–H groups in total. The van der Waals surface area contributed by atoms with Crippen molar-refractivity contribution in [3.05, 3.63) is 34.9 Å². The lowest BCUT2D eigenvalue weighted by Crippen LogP contribution is -2.68. The van der Waals surface area contributed by atoms with E-state index < -0.39 is 65.7 Å². The Hall–Kier alpha value is -3.04. The van der Waals surface area contributed by atoms with Gasteiger partial charge in [-0.25, -0.2) is 9.59 Å². The lowest BCUT2D eigenvalue weighted by atomic mass is 9.75. The molecule has 2 fully saturated rings. The molecule has 0 saturated carbocycles. The first kappa shape index (κ1) is 39.7. The van der Waals surface area contributed by atoms with E-state index in [0.717, 1.165) is 5.56 Å². The van der Waals surface area contributed by atoms with Crippen LogP contribution in [0.15, 0.2) is 24.3 Å². The van der Waals surface area contributed by atoms with Crippen molar-refractivity contribution < 1.29 is 48.0 Å². The smallest absolute Gasteiger partial charge is 0.409 e. The normalized spacial score (nSPS) is 32.9. The maximum atomic E-state index is 14.1. The summed E-state index contributed by atoms with van der Waals surface area (Å²) in [6.07, 6.45) is 1.36. The predicted octanol–water partition coefficient (Wildman–Crippen LogP) is 4.12. The van der Waals surface area contributed by atoms with Gasteiger partial charge in [-0.2, -0.15) is 12.6 Å². The Morgan fingerprint density at radius 3 is 2.56 bits per heavy atom. The average Bonchev–Trinajstić information content (AvgIpc) is 3.07. The van der Waals surface area contributed by atoms with Crippen LogP contribution in [-0.4, -0.2) is 104 Å². The van der Waals surface area contributed by atoms with Gasteiger partial charge in [0.15, 0.2) is 5.72 Å². The summed E-state index contributed by atoms with van der Waals surface area (Å²) in [5.41, 5.74) is -0.519. The van der Waals surface area contributed by atoms with E-state index >= 15 is 0 Å². The summed E-state index contributed by atoms with van der Waals surface area (Å²) in [4.78, 5) is 55.7. The number of fused-ring (bicyclic) bond motifs is 6. The first-order valence-corrected chi connectivity index (χ1v) is 17.8. The van der Waals surface area contributed by atoms with E-state index in [4.69, 9.17) is 35.3 Å². The molecule has 4 aliphatic heterocycles. The largest absolute Gasteiger partial charge is 0.495 e. The Morgan fingerprint density at radius 2 is 1.94 bits per heavy atom. The summed E-state index contributed by atoms with van der Waals surface area (Å²) < 4.78 is 29.3. The third-order valence-electron chi connectivity index (χ3n) is 10.2. The molecule has 6 bridgehead atoms. The fraction of sp³-hybridized carbons (Fsp3) is 0.657. The molecule has 0 radical (unpaired) electrons. The Morgan fingerprint density at radius 1 is 1.24 bits per heavy atom. The van der Waals surface area contributed by atoms with Crippen LogP contribution in [0.5, 0.6) is 5.75 Å². The van der Waals surface area contributed by atoms with E-state index in [1.165, 1.54) is 38.0 Å². The molecular formula is C35H50ClN3O10S. The van der Waals surface area contributed by atoms with Crippen molar-refractivity contribution in [2.75, 3.05) is 39.0 Å². The summed E-state index contributed by atoms with van der Waals surface area (Å²) in [6, 6.07) is 2.66. The van der Waals surface area contributed by atoms with Gasteiger partial charge in [0.1, 0.15) is 29.0 Å². The number of rotatable bonds is 7. The molecule has 0 spiro atoms. The fourth-order valence-corrected chi connectivity index (χ4v) is 7.34. The van der Waals surface area contributed by atoms with E-state index in [9.17, 15) is 24.3 Å². The number of likely N-dealkylation sites (N-methyl/N-ethyl adjacent to an activating group) is 1. The molecule has 9 atom stereocenters. The molecule has 5 rings (SSSR count). The van der Waals surface area contributed by atoms with Gasteiger partial charge in [0, 0.05) is 45.9 Å².